The van der Waals surface area contributed by atoms with E-state index in [1.807, 2.05) is 29.9 Å². The molecule has 0 aliphatic carbocycles. The van der Waals surface area contributed by atoms with Gasteiger partial charge in [-0.1, -0.05) is 0 Å². The summed E-state index contributed by atoms with van der Waals surface area (Å²) in [4.78, 5) is 15.8. The number of imidazole rings is 1. The Morgan fingerprint density at radius 3 is 3.10 bits per heavy atom. The summed E-state index contributed by atoms with van der Waals surface area (Å²) < 4.78 is 2.00. The molecule has 0 spiro atoms. The first-order chi connectivity index (χ1) is 9.72. The Bertz CT molecular complexity index is 633. The van der Waals surface area contributed by atoms with Crippen molar-refractivity contribution in [2.24, 2.45) is 7.05 Å². The van der Waals surface area contributed by atoms with Crippen molar-refractivity contribution in [2.45, 2.75) is 25.8 Å². The van der Waals surface area contributed by atoms with Crippen LogP contribution in [0.25, 0.3) is 0 Å². The second-order valence-corrected chi connectivity index (χ2v) is 5.08. The Morgan fingerprint density at radius 2 is 2.30 bits per heavy atom. The lowest BCUT2D eigenvalue weighted by molar-refractivity contribution is -0.116. The lowest BCUT2D eigenvalue weighted by Gasteiger charge is -2.11. The molecule has 5 heteroatoms. The summed E-state index contributed by atoms with van der Waals surface area (Å²) in [5.74, 6) is 1.10. The topological polar surface area (TPSA) is 59.0 Å². The molecule has 1 amide bonds. The van der Waals surface area contributed by atoms with Gasteiger partial charge in [0.05, 0.1) is 6.54 Å². The van der Waals surface area contributed by atoms with E-state index in [1.165, 1.54) is 5.56 Å². The van der Waals surface area contributed by atoms with Crippen molar-refractivity contribution in [3.63, 3.8) is 0 Å². The highest BCUT2D eigenvalue weighted by Gasteiger charge is 2.12. The minimum absolute atomic E-state index is 0.109. The van der Waals surface area contributed by atoms with E-state index in [2.05, 4.69) is 21.7 Å². The van der Waals surface area contributed by atoms with E-state index < -0.39 is 0 Å². The van der Waals surface area contributed by atoms with Crippen molar-refractivity contribution >= 4 is 17.3 Å². The van der Waals surface area contributed by atoms with E-state index in [4.69, 9.17) is 0 Å². The minimum atomic E-state index is 0.109. The molecule has 0 atom stereocenters. The van der Waals surface area contributed by atoms with Crippen LogP contribution >= 0.6 is 0 Å². The largest absolute Gasteiger partial charge is 0.378 e. The van der Waals surface area contributed by atoms with Crippen molar-refractivity contribution in [3.8, 4) is 0 Å². The molecule has 0 saturated heterocycles. The number of aryl methyl sites for hydroxylation is 2. The summed E-state index contributed by atoms with van der Waals surface area (Å²) in [5, 5.41) is 6.32. The zero-order chi connectivity index (χ0) is 13.9. The average molecular weight is 270 g/mol. The van der Waals surface area contributed by atoms with Gasteiger partial charge in [0.1, 0.15) is 5.82 Å². The van der Waals surface area contributed by atoms with Crippen LogP contribution in [-0.4, -0.2) is 15.5 Å². The number of hydrogen-bond donors (Lipinski definition) is 2. The molecule has 1 aromatic carbocycles. The van der Waals surface area contributed by atoms with Crippen molar-refractivity contribution in [3.05, 3.63) is 42.0 Å². The van der Waals surface area contributed by atoms with Crippen LogP contribution in [0.3, 0.4) is 0 Å². The quantitative estimate of drug-likeness (QED) is 0.899. The molecule has 1 aromatic heterocycles. The number of aromatic nitrogens is 2. The highest BCUT2D eigenvalue weighted by atomic mass is 16.1. The Hall–Kier alpha value is -2.30. The molecule has 5 nitrogen and oxygen atoms in total. The second-order valence-electron chi connectivity index (χ2n) is 5.08. The predicted molar refractivity (Wildman–Crippen MR) is 78.5 cm³/mol. The summed E-state index contributed by atoms with van der Waals surface area (Å²) in [6, 6.07) is 6.08. The standard InChI is InChI=1S/C15H18N4O/c1-19-8-7-16-14(19)10-17-12-5-6-13-11(9-12)3-2-4-15(20)18-13/h5-9,17H,2-4,10H2,1H3,(H,18,20). The number of amides is 1. The molecule has 1 aliphatic rings. The van der Waals surface area contributed by atoms with Gasteiger partial charge in [-0.3, -0.25) is 4.79 Å². The second kappa shape index (κ2) is 5.36. The fourth-order valence-corrected chi connectivity index (χ4v) is 2.43. The van der Waals surface area contributed by atoms with Crippen LogP contribution in [0.1, 0.15) is 24.2 Å². The fraction of sp³-hybridized carbons (Fsp3) is 0.333. The molecule has 2 aromatic rings. The summed E-state index contributed by atoms with van der Waals surface area (Å²) >= 11 is 0. The van der Waals surface area contributed by atoms with Gasteiger partial charge in [0, 0.05) is 37.2 Å². The number of carbonyl (C=O) groups is 1. The fourth-order valence-electron chi connectivity index (χ4n) is 2.43. The molecule has 0 saturated carbocycles. The summed E-state index contributed by atoms with van der Waals surface area (Å²) in [5.41, 5.74) is 3.19. The molecule has 0 unspecified atom stereocenters. The molecule has 20 heavy (non-hydrogen) atoms. The zero-order valence-electron chi connectivity index (χ0n) is 11.5. The predicted octanol–water partition coefficient (Wildman–Crippen LogP) is 2.31. The lowest BCUT2D eigenvalue weighted by atomic mass is 10.1. The summed E-state index contributed by atoms with van der Waals surface area (Å²) in [6.07, 6.45) is 6.17. The molecule has 2 heterocycles. The van der Waals surface area contributed by atoms with Gasteiger partial charge in [-0.05, 0) is 36.6 Å². The third-order valence-electron chi connectivity index (χ3n) is 3.60. The number of nitrogens with zero attached hydrogens (tertiary/aromatic N) is 2. The molecule has 0 radical (unpaired) electrons. The minimum Gasteiger partial charge on any atom is -0.378 e. The number of anilines is 2. The van der Waals surface area contributed by atoms with Crippen molar-refractivity contribution in [2.75, 3.05) is 10.6 Å². The Balaban J connectivity index is 1.74. The molecular weight excluding hydrogens is 252 g/mol. The van der Waals surface area contributed by atoms with Crippen LogP contribution in [-0.2, 0) is 24.8 Å². The monoisotopic (exact) mass is 270 g/mol. The number of benzene rings is 1. The van der Waals surface area contributed by atoms with Gasteiger partial charge in [-0.15, -0.1) is 0 Å². The van der Waals surface area contributed by atoms with E-state index >= 15 is 0 Å². The Kier molecular flexibility index (Phi) is 3.41. The maximum absolute atomic E-state index is 11.5. The molecule has 1 aliphatic heterocycles. The van der Waals surface area contributed by atoms with Crippen LogP contribution in [0.15, 0.2) is 30.6 Å². The van der Waals surface area contributed by atoms with Gasteiger partial charge < -0.3 is 15.2 Å². The number of hydrogen-bond acceptors (Lipinski definition) is 3. The van der Waals surface area contributed by atoms with Crippen LogP contribution < -0.4 is 10.6 Å². The first kappa shape index (κ1) is 12.7. The van der Waals surface area contributed by atoms with E-state index in [0.717, 1.165) is 30.0 Å². The van der Waals surface area contributed by atoms with Crippen molar-refractivity contribution < 1.29 is 4.79 Å². The molecule has 0 fully saturated rings. The molecule has 104 valence electrons. The Morgan fingerprint density at radius 1 is 1.40 bits per heavy atom. The van der Waals surface area contributed by atoms with Gasteiger partial charge in [-0.25, -0.2) is 4.98 Å². The zero-order valence-corrected chi connectivity index (χ0v) is 11.5. The summed E-state index contributed by atoms with van der Waals surface area (Å²) in [7, 11) is 1.98. The third-order valence-corrected chi connectivity index (χ3v) is 3.60. The lowest BCUT2D eigenvalue weighted by Crippen LogP contribution is -2.09. The van der Waals surface area contributed by atoms with Crippen molar-refractivity contribution in [1.29, 1.82) is 0 Å². The molecule has 2 N–H and O–H groups in total. The van der Waals surface area contributed by atoms with Crippen LogP contribution in [0.4, 0.5) is 11.4 Å². The molecule has 0 bridgehead atoms. The van der Waals surface area contributed by atoms with E-state index in [-0.39, 0.29) is 5.91 Å². The van der Waals surface area contributed by atoms with Gasteiger partial charge in [0.25, 0.3) is 0 Å². The molecule has 3 rings (SSSR count). The molecular formula is C15H18N4O. The first-order valence-corrected chi connectivity index (χ1v) is 6.85. The van der Waals surface area contributed by atoms with E-state index in [0.29, 0.717) is 13.0 Å². The van der Waals surface area contributed by atoms with Crippen LogP contribution in [0.5, 0.6) is 0 Å². The average Bonchev–Trinajstić information content (AvgIpc) is 2.74. The van der Waals surface area contributed by atoms with Gasteiger partial charge >= 0.3 is 0 Å². The number of nitrogens with one attached hydrogen (secondary N) is 2. The van der Waals surface area contributed by atoms with Gasteiger partial charge in [0.2, 0.25) is 5.91 Å². The number of carbonyl (C=O) groups excluding carboxylic acids is 1. The van der Waals surface area contributed by atoms with Crippen molar-refractivity contribution in [1.82, 2.24) is 9.55 Å². The summed E-state index contributed by atoms with van der Waals surface area (Å²) in [6.45, 7) is 0.689. The smallest absolute Gasteiger partial charge is 0.224 e. The van der Waals surface area contributed by atoms with Crippen LogP contribution in [0, 0.1) is 0 Å². The maximum Gasteiger partial charge on any atom is 0.224 e. The number of fused-ring (bicyclic) bond motifs is 1. The third kappa shape index (κ3) is 2.66. The first-order valence-electron chi connectivity index (χ1n) is 6.85. The normalized spacial score (nSPS) is 14.3. The number of rotatable bonds is 3. The van der Waals surface area contributed by atoms with Crippen LogP contribution in [0.2, 0.25) is 0 Å². The highest BCUT2D eigenvalue weighted by Crippen LogP contribution is 2.25. The Labute approximate surface area is 118 Å². The van der Waals surface area contributed by atoms with Gasteiger partial charge in [0.15, 0.2) is 0 Å². The van der Waals surface area contributed by atoms with Gasteiger partial charge in [-0.2, -0.15) is 0 Å². The SMILES string of the molecule is Cn1ccnc1CNc1ccc2c(c1)CCCC(=O)N2. The van der Waals surface area contributed by atoms with E-state index in [1.54, 1.807) is 6.20 Å². The maximum atomic E-state index is 11.5. The van der Waals surface area contributed by atoms with E-state index in [9.17, 15) is 4.79 Å². The highest BCUT2D eigenvalue weighted by molar-refractivity contribution is 5.92.